The van der Waals surface area contributed by atoms with Gasteiger partial charge in [0.1, 0.15) is 5.75 Å². The van der Waals surface area contributed by atoms with Gasteiger partial charge in [0, 0.05) is 9.64 Å². The second-order valence-electron chi connectivity index (χ2n) is 8.72. The van der Waals surface area contributed by atoms with Crippen molar-refractivity contribution >= 4 is 23.7 Å². The second kappa shape index (κ2) is 7.86. The van der Waals surface area contributed by atoms with Crippen molar-refractivity contribution in [3.8, 4) is 5.75 Å². The maximum absolute atomic E-state index is 12.9. The molecule has 0 spiro atoms. The fourth-order valence-corrected chi connectivity index (χ4v) is 5.75. The van der Waals surface area contributed by atoms with Crippen molar-refractivity contribution in [2.24, 2.45) is 0 Å². The molecule has 1 aliphatic rings. The first-order chi connectivity index (χ1) is 13.5. The summed E-state index contributed by atoms with van der Waals surface area (Å²) >= 11 is 1.87. The quantitative estimate of drug-likeness (QED) is 0.459. The third kappa shape index (κ3) is 4.67. The van der Waals surface area contributed by atoms with Gasteiger partial charge in [-0.05, 0) is 73.2 Å². The van der Waals surface area contributed by atoms with Crippen LogP contribution in [0.2, 0.25) is 0 Å². The molecule has 0 atom stereocenters. The largest absolute Gasteiger partial charge is 0.462 e. The lowest BCUT2D eigenvalue weighted by atomic mass is 9.76. The number of esters is 2. The van der Waals surface area contributed by atoms with E-state index >= 15 is 0 Å². The Bertz CT molecular complexity index is 942. The number of ether oxygens (including phenoxy) is 2. The molecule has 154 valence electrons. The van der Waals surface area contributed by atoms with E-state index in [1.807, 2.05) is 24.8 Å². The molecule has 29 heavy (non-hydrogen) atoms. The van der Waals surface area contributed by atoms with Crippen molar-refractivity contribution in [1.82, 2.24) is 0 Å². The summed E-state index contributed by atoms with van der Waals surface area (Å²) in [6, 6.07) is 10.5. The van der Waals surface area contributed by atoms with E-state index in [0.717, 1.165) is 12.0 Å². The van der Waals surface area contributed by atoms with Gasteiger partial charge in [0.25, 0.3) is 0 Å². The Morgan fingerprint density at radius 2 is 1.69 bits per heavy atom. The van der Waals surface area contributed by atoms with E-state index in [-0.39, 0.29) is 16.1 Å². The molecule has 0 saturated heterocycles. The molecule has 1 heterocycles. The minimum absolute atomic E-state index is 0.0197. The molecule has 2 aromatic carbocycles. The Labute approximate surface area is 177 Å². The summed E-state index contributed by atoms with van der Waals surface area (Å²) < 4.78 is 10.7. The van der Waals surface area contributed by atoms with Crippen LogP contribution in [0.5, 0.6) is 5.75 Å². The van der Waals surface area contributed by atoms with Crippen molar-refractivity contribution in [3.05, 3.63) is 58.7 Å². The number of aryl methyl sites for hydroxylation is 1. The molecule has 0 radical (unpaired) electrons. The maximum Gasteiger partial charge on any atom is 0.343 e. The normalized spacial score (nSPS) is 16.6. The summed E-state index contributed by atoms with van der Waals surface area (Å²) in [7, 11) is 0. The van der Waals surface area contributed by atoms with Crippen LogP contribution in [0.4, 0.5) is 0 Å². The van der Waals surface area contributed by atoms with E-state index in [2.05, 4.69) is 33.8 Å². The van der Waals surface area contributed by atoms with Crippen LogP contribution in [0.3, 0.4) is 0 Å². The van der Waals surface area contributed by atoms with Crippen molar-refractivity contribution in [3.63, 3.8) is 0 Å². The van der Waals surface area contributed by atoms with Crippen LogP contribution in [0.25, 0.3) is 0 Å². The predicted octanol–water partition coefficient (Wildman–Crippen LogP) is 5.94. The van der Waals surface area contributed by atoms with Gasteiger partial charge in [-0.2, -0.15) is 0 Å². The molecule has 0 aromatic heterocycles. The summed E-state index contributed by atoms with van der Waals surface area (Å²) in [6.07, 6.45) is 1.03. The number of hydrogen-bond acceptors (Lipinski definition) is 5. The molecule has 5 heteroatoms. The molecule has 1 aliphatic heterocycles. The molecule has 4 nitrogen and oxygen atoms in total. The van der Waals surface area contributed by atoms with Crippen LogP contribution < -0.4 is 4.74 Å². The molecule has 0 fully saturated rings. The number of fused-ring (bicyclic) bond motifs is 1. The van der Waals surface area contributed by atoms with Crippen LogP contribution in [-0.4, -0.2) is 23.3 Å². The first-order valence-corrected chi connectivity index (χ1v) is 10.7. The van der Waals surface area contributed by atoms with Gasteiger partial charge in [0.15, 0.2) is 0 Å². The number of carbonyl (C=O) groups excluding carboxylic acids is 2. The van der Waals surface area contributed by atoms with E-state index in [1.165, 1.54) is 10.5 Å². The van der Waals surface area contributed by atoms with Crippen LogP contribution in [0.15, 0.2) is 41.3 Å². The molecule has 0 unspecified atom stereocenters. The Morgan fingerprint density at radius 1 is 1.03 bits per heavy atom. The van der Waals surface area contributed by atoms with E-state index in [4.69, 9.17) is 9.47 Å². The summed E-state index contributed by atoms with van der Waals surface area (Å²) in [6.45, 7) is 13.0. The lowest BCUT2D eigenvalue weighted by Crippen LogP contribution is -2.34. The summed E-state index contributed by atoms with van der Waals surface area (Å²) in [4.78, 5) is 25.9. The first kappa shape index (κ1) is 21.4. The monoisotopic (exact) mass is 412 g/mol. The van der Waals surface area contributed by atoms with Gasteiger partial charge in [0.05, 0.1) is 17.7 Å². The number of hydrogen-bond donors (Lipinski definition) is 0. The van der Waals surface area contributed by atoms with Crippen LogP contribution in [0.1, 0.15) is 72.9 Å². The minimum atomic E-state index is -0.390. The first-order valence-electron chi connectivity index (χ1n) is 9.86. The standard InChI is InChI=1S/C24H28O4S/c1-7-27-21(25)16-8-10-17(11-9-16)28-22(26)18-13-19-20(12-15(18)2)29-24(5,6)14-23(19,3)4/h8-13H,7,14H2,1-6H3. The highest BCUT2D eigenvalue weighted by Crippen LogP contribution is 2.51. The zero-order chi connectivity index (χ0) is 21.4. The molecule has 0 amide bonds. The van der Waals surface area contributed by atoms with Crippen molar-refractivity contribution in [2.45, 2.75) is 63.0 Å². The topological polar surface area (TPSA) is 52.6 Å². The second-order valence-corrected chi connectivity index (χ2v) is 10.5. The van der Waals surface area contributed by atoms with E-state index < -0.39 is 5.97 Å². The van der Waals surface area contributed by atoms with Gasteiger partial charge in [-0.25, -0.2) is 9.59 Å². The number of carbonyl (C=O) groups is 2. The number of thioether (sulfide) groups is 1. The van der Waals surface area contributed by atoms with E-state index in [0.29, 0.717) is 23.5 Å². The smallest absolute Gasteiger partial charge is 0.343 e. The molecule has 0 N–H and O–H groups in total. The van der Waals surface area contributed by atoms with Gasteiger partial charge in [-0.3, -0.25) is 0 Å². The average Bonchev–Trinajstić information content (AvgIpc) is 2.60. The lowest BCUT2D eigenvalue weighted by Gasteiger charge is -2.42. The molecule has 0 bridgehead atoms. The Hall–Kier alpha value is -2.27. The van der Waals surface area contributed by atoms with Gasteiger partial charge >= 0.3 is 11.9 Å². The molecule has 0 aliphatic carbocycles. The lowest BCUT2D eigenvalue weighted by molar-refractivity contribution is 0.0526. The Balaban J connectivity index is 1.84. The van der Waals surface area contributed by atoms with Crippen LogP contribution in [-0.2, 0) is 10.2 Å². The average molecular weight is 413 g/mol. The number of benzene rings is 2. The van der Waals surface area contributed by atoms with E-state index in [9.17, 15) is 9.59 Å². The zero-order valence-electron chi connectivity index (χ0n) is 17.9. The SMILES string of the molecule is CCOC(=O)c1ccc(OC(=O)c2cc3c(cc2C)SC(C)(C)CC3(C)C)cc1. The summed E-state index contributed by atoms with van der Waals surface area (Å²) in [5, 5.41) is 0. The fraction of sp³-hybridized carbons (Fsp3) is 0.417. The van der Waals surface area contributed by atoms with Gasteiger partial charge in [-0.15, -0.1) is 11.8 Å². The van der Waals surface area contributed by atoms with Crippen molar-refractivity contribution < 1.29 is 19.1 Å². The summed E-state index contributed by atoms with van der Waals surface area (Å²) in [5.74, 6) is -0.381. The minimum Gasteiger partial charge on any atom is -0.462 e. The molecular weight excluding hydrogens is 384 g/mol. The van der Waals surface area contributed by atoms with Crippen molar-refractivity contribution in [1.29, 1.82) is 0 Å². The zero-order valence-corrected chi connectivity index (χ0v) is 18.7. The van der Waals surface area contributed by atoms with Gasteiger partial charge in [-0.1, -0.05) is 27.7 Å². The van der Waals surface area contributed by atoms with Crippen LogP contribution in [0, 0.1) is 6.92 Å². The van der Waals surface area contributed by atoms with E-state index in [1.54, 1.807) is 31.2 Å². The summed E-state index contributed by atoms with van der Waals surface area (Å²) in [5.41, 5.74) is 3.08. The maximum atomic E-state index is 12.9. The molecule has 3 rings (SSSR count). The Kier molecular flexibility index (Phi) is 5.81. The Morgan fingerprint density at radius 3 is 2.31 bits per heavy atom. The van der Waals surface area contributed by atoms with Gasteiger partial charge in [0.2, 0.25) is 0 Å². The fourth-order valence-electron chi connectivity index (χ4n) is 4.04. The molecular formula is C24H28O4S. The van der Waals surface area contributed by atoms with Crippen molar-refractivity contribution in [2.75, 3.05) is 6.61 Å². The van der Waals surface area contributed by atoms with Crippen LogP contribution >= 0.6 is 11.8 Å². The highest BCUT2D eigenvalue weighted by atomic mass is 32.2. The predicted molar refractivity (Wildman–Crippen MR) is 116 cm³/mol. The third-order valence-electron chi connectivity index (χ3n) is 5.11. The molecule has 0 saturated carbocycles. The highest BCUT2D eigenvalue weighted by Gasteiger charge is 2.38. The molecule has 2 aromatic rings. The number of rotatable bonds is 4. The highest BCUT2D eigenvalue weighted by molar-refractivity contribution is 8.00. The third-order valence-corrected chi connectivity index (χ3v) is 6.36. The van der Waals surface area contributed by atoms with Gasteiger partial charge < -0.3 is 9.47 Å².